The Balaban J connectivity index is 1.35. The van der Waals surface area contributed by atoms with Gasteiger partial charge in [-0.25, -0.2) is 4.39 Å². The van der Waals surface area contributed by atoms with Crippen molar-refractivity contribution in [2.75, 3.05) is 11.1 Å². The van der Waals surface area contributed by atoms with Crippen molar-refractivity contribution >= 4 is 23.4 Å². The molecule has 0 fully saturated rings. The molecule has 0 aliphatic heterocycles. The summed E-state index contributed by atoms with van der Waals surface area (Å²) in [4.78, 5) is 12.3. The summed E-state index contributed by atoms with van der Waals surface area (Å²) < 4.78 is 21.4. The summed E-state index contributed by atoms with van der Waals surface area (Å²) in [5.41, 5.74) is 4.09. The summed E-state index contributed by atoms with van der Waals surface area (Å²) >= 11 is 1.30. The smallest absolute Gasteiger partial charge is 0.234 e. The third kappa shape index (κ3) is 5.30. The number of anilines is 1. The number of carbonyl (C=O) groups excluding carboxylic acids is 1. The zero-order chi connectivity index (χ0) is 22.5. The maximum Gasteiger partial charge on any atom is 0.234 e. The van der Waals surface area contributed by atoms with Gasteiger partial charge in [0.2, 0.25) is 5.91 Å². The predicted octanol–water partition coefficient (Wildman–Crippen LogP) is 4.93. The first-order valence-corrected chi connectivity index (χ1v) is 11.9. The van der Waals surface area contributed by atoms with E-state index in [-0.39, 0.29) is 17.5 Å². The van der Waals surface area contributed by atoms with Crippen LogP contribution >= 0.6 is 11.8 Å². The molecular formula is C24H27FN4O2S. The van der Waals surface area contributed by atoms with Gasteiger partial charge in [0.15, 0.2) is 11.0 Å². The molecule has 2 aromatic carbocycles. The van der Waals surface area contributed by atoms with Crippen molar-refractivity contribution in [2.45, 2.75) is 57.8 Å². The Morgan fingerprint density at radius 3 is 2.78 bits per heavy atom. The van der Waals surface area contributed by atoms with Gasteiger partial charge in [0.25, 0.3) is 0 Å². The summed E-state index contributed by atoms with van der Waals surface area (Å²) in [6.07, 6.45) is 4.74. The van der Waals surface area contributed by atoms with Crippen LogP contribution in [-0.4, -0.2) is 26.4 Å². The topological polar surface area (TPSA) is 69.0 Å². The molecular weight excluding hydrogens is 427 g/mol. The highest BCUT2D eigenvalue weighted by atomic mass is 32.2. The van der Waals surface area contributed by atoms with E-state index in [0.717, 1.165) is 24.2 Å². The number of aromatic nitrogens is 3. The maximum atomic E-state index is 13.4. The number of halogens is 1. The van der Waals surface area contributed by atoms with Gasteiger partial charge in [-0.05, 0) is 80.5 Å². The van der Waals surface area contributed by atoms with Gasteiger partial charge in [-0.2, -0.15) is 0 Å². The Morgan fingerprint density at radius 2 is 1.97 bits per heavy atom. The molecule has 0 spiro atoms. The monoisotopic (exact) mass is 454 g/mol. The van der Waals surface area contributed by atoms with Crippen molar-refractivity contribution in [1.82, 2.24) is 14.8 Å². The van der Waals surface area contributed by atoms with Crippen molar-refractivity contribution in [3.63, 3.8) is 0 Å². The fourth-order valence-corrected chi connectivity index (χ4v) is 4.66. The SMILES string of the molecule is CCn1c(COc2ccc3c(c2)CCCC3)nnc1SCC(=O)Nc1cc(F)ccc1C. The van der Waals surface area contributed by atoms with Crippen LogP contribution in [0.15, 0.2) is 41.6 Å². The molecule has 0 radical (unpaired) electrons. The molecule has 6 nitrogen and oxygen atoms in total. The van der Waals surface area contributed by atoms with Crippen LogP contribution in [0.5, 0.6) is 5.75 Å². The molecule has 0 bridgehead atoms. The van der Waals surface area contributed by atoms with Crippen LogP contribution in [0.4, 0.5) is 10.1 Å². The molecule has 3 aromatic rings. The number of amides is 1. The summed E-state index contributed by atoms with van der Waals surface area (Å²) in [6.45, 7) is 4.81. The summed E-state index contributed by atoms with van der Waals surface area (Å²) in [5.74, 6) is 1.11. The van der Waals surface area contributed by atoms with E-state index in [1.54, 1.807) is 6.07 Å². The molecule has 168 valence electrons. The third-order valence-electron chi connectivity index (χ3n) is 5.60. The fourth-order valence-electron chi connectivity index (χ4n) is 3.84. The lowest BCUT2D eigenvalue weighted by atomic mass is 9.92. The maximum absolute atomic E-state index is 13.4. The van der Waals surface area contributed by atoms with Crippen LogP contribution in [0.25, 0.3) is 0 Å². The van der Waals surface area contributed by atoms with Gasteiger partial charge in [0, 0.05) is 12.2 Å². The minimum Gasteiger partial charge on any atom is -0.486 e. The van der Waals surface area contributed by atoms with Crippen molar-refractivity contribution < 1.29 is 13.9 Å². The van der Waals surface area contributed by atoms with Crippen molar-refractivity contribution in [3.05, 3.63) is 64.7 Å². The number of aryl methyl sites for hydroxylation is 3. The molecule has 1 heterocycles. The number of ether oxygens (including phenoxy) is 1. The van der Waals surface area contributed by atoms with Gasteiger partial charge >= 0.3 is 0 Å². The zero-order valence-corrected chi connectivity index (χ0v) is 19.2. The van der Waals surface area contributed by atoms with E-state index in [0.29, 0.717) is 29.8 Å². The second-order valence-corrected chi connectivity index (χ2v) is 8.81. The van der Waals surface area contributed by atoms with Crippen LogP contribution in [0.1, 0.15) is 42.3 Å². The first-order chi connectivity index (χ1) is 15.5. The van der Waals surface area contributed by atoms with Crippen LogP contribution < -0.4 is 10.1 Å². The first kappa shape index (κ1) is 22.3. The Bertz CT molecular complexity index is 1120. The van der Waals surface area contributed by atoms with Crippen molar-refractivity contribution in [1.29, 1.82) is 0 Å². The highest BCUT2D eigenvalue weighted by Gasteiger charge is 2.15. The molecule has 4 rings (SSSR count). The number of benzene rings is 2. The summed E-state index contributed by atoms with van der Waals surface area (Å²) in [6, 6.07) is 10.6. The molecule has 0 saturated carbocycles. The van der Waals surface area contributed by atoms with Gasteiger partial charge in [0.05, 0.1) is 5.75 Å². The molecule has 0 atom stereocenters. The average Bonchev–Trinajstić information content (AvgIpc) is 3.20. The number of hydrogen-bond donors (Lipinski definition) is 1. The van der Waals surface area contributed by atoms with E-state index in [9.17, 15) is 9.18 Å². The Kier molecular flexibility index (Phi) is 7.09. The number of fused-ring (bicyclic) bond motifs is 1. The zero-order valence-electron chi connectivity index (χ0n) is 18.4. The molecule has 1 aliphatic carbocycles. The number of thioether (sulfide) groups is 1. The number of nitrogens with one attached hydrogen (secondary N) is 1. The number of hydrogen-bond acceptors (Lipinski definition) is 5. The van der Waals surface area contributed by atoms with Crippen molar-refractivity contribution in [3.8, 4) is 5.75 Å². The largest absolute Gasteiger partial charge is 0.486 e. The lowest BCUT2D eigenvalue weighted by molar-refractivity contribution is -0.113. The normalized spacial score (nSPS) is 13.0. The van der Waals surface area contributed by atoms with E-state index in [2.05, 4.69) is 27.6 Å². The lowest BCUT2D eigenvalue weighted by Crippen LogP contribution is -2.15. The number of nitrogens with zero attached hydrogens (tertiary/aromatic N) is 3. The Morgan fingerprint density at radius 1 is 1.16 bits per heavy atom. The summed E-state index contributed by atoms with van der Waals surface area (Å²) in [7, 11) is 0. The lowest BCUT2D eigenvalue weighted by Gasteiger charge is -2.16. The van der Waals surface area contributed by atoms with E-state index in [1.165, 1.54) is 47.9 Å². The highest BCUT2D eigenvalue weighted by molar-refractivity contribution is 7.99. The number of rotatable bonds is 8. The van der Waals surface area contributed by atoms with Crippen LogP contribution in [0.3, 0.4) is 0 Å². The minimum absolute atomic E-state index is 0.153. The minimum atomic E-state index is -0.382. The van der Waals surface area contributed by atoms with Crippen molar-refractivity contribution in [2.24, 2.45) is 0 Å². The molecule has 1 amide bonds. The Labute approximate surface area is 191 Å². The molecule has 0 unspecified atom stereocenters. The van der Waals surface area contributed by atoms with E-state index < -0.39 is 0 Å². The van der Waals surface area contributed by atoms with E-state index in [4.69, 9.17) is 4.74 Å². The predicted molar refractivity (Wildman–Crippen MR) is 124 cm³/mol. The quantitative estimate of drug-likeness (QED) is 0.489. The van der Waals surface area contributed by atoms with Crippen LogP contribution in [0.2, 0.25) is 0 Å². The van der Waals surface area contributed by atoms with Gasteiger partial charge in [0.1, 0.15) is 18.2 Å². The van der Waals surface area contributed by atoms with Gasteiger partial charge < -0.3 is 14.6 Å². The molecule has 8 heteroatoms. The fraction of sp³-hybridized carbons (Fsp3) is 0.375. The average molecular weight is 455 g/mol. The second-order valence-electron chi connectivity index (χ2n) is 7.87. The molecule has 1 aromatic heterocycles. The molecule has 32 heavy (non-hydrogen) atoms. The first-order valence-electron chi connectivity index (χ1n) is 10.9. The molecule has 0 saturated heterocycles. The van der Waals surface area contributed by atoms with Gasteiger partial charge in [-0.1, -0.05) is 23.9 Å². The second kappa shape index (κ2) is 10.2. The standard InChI is InChI=1S/C24H27FN4O2S/c1-3-29-22(14-31-20-11-9-17-6-4-5-7-18(17)12-20)27-28-24(29)32-15-23(30)26-21-13-19(25)10-8-16(21)2/h8-13H,3-7,14-15H2,1-2H3,(H,26,30). The number of carbonyl (C=O) groups is 1. The van der Waals surface area contributed by atoms with Gasteiger partial charge in [-0.3, -0.25) is 4.79 Å². The van der Waals surface area contributed by atoms with Gasteiger partial charge in [-0.15, -0.1) is 10.2 Å². The molecule has 1 N–H and O–H groups in total. The van der Waals surface area contributed by atoms with Crippen LogP contribution in [0, 0.1) is 12.7 Å². The Hall–Kier alpha value is -2.87. The third-order valence-corrected chi connectivity index (χ3v) is 6.57. The van der Waals surface area contributed by atoms with Crippen LogP contribution in [-0.2, 0) is 30.8 Å². The highest BCUT2D eigenvalue weighted by Crippen LogP contribution is 2.26. The molecule has 1 aliphatic rings. The summed E-state index contributed by atoms with van der Waals surface area (Å²) in [5, 5.41) is 11.9. The van der Waals surface area contributed by atoms with E-state index in [1.807, 2.05) is 24.5 Å². The van der Waals surface area contributed by atoms with E-state index >= 15 is 0 Å².